The molecule has 0 bridgehead atoms. The van der Waals surface area contributed by atoms with Crippen LogP contribution in [0.25, 0.3) is 11.1 Å². The average molecular weight is 486 g/mol. The highest BCUT2D eigenvalue weighted by Crippen LogP contribution is 2.56. The molecule has 0 amide bonds. The molecular weight excluding hydrogens is 458 g/mol. The minimum Gasteiger partial charge on any atom is -0.310 e. The van der Waals surface area contributed by atoms with Crippen molar-refractivity contribution in [2.75, 3.05) is 4.90 Å². The van der Waals surface area contributed by atoms with Gasteiger partial charge in [-0.1, -0.05) is 122 Å². The summed E-state index contributed by atoms with van der Waals surface area (Å²) >= 11 is 0. The van der Waals surface area contributed by atoms with Crippen LogP contribution < -0.4 is 4.90 Å². The molecule has 0 aromatic heterocycles. The van der Waals surface area contributed by atoms with Crippen molar-refractivity contribution in [1.29, 1.82) is 0 Å². The van der Waals surface area contributed by atoms with Crippen LogP contribution in [0.2, 0.25) is 0 Å². The van der Waals surface area contributed by atoms with Crippen molar-refractivity contribution in [1.82, 2.24) is 0 Å². The van der Waals surface area contributed by atoms with Gasteiger partial charge in [0.25, 0.3) is 0 Å². The van der Waals surface area contributed by atoms with Gasteiger partial charge < -0.3 is 4.90 Å². The second-order valence-corrected chi connectivity index (χ2v) is 9.31. The molecule has 1 aliphatic rings. The maximum absolute atomic E-state index is 4.23. The Bertz CT molecular complexity index is 1540. The number of allylic oxidation sites excluding steroid dienone is 4. The number of rotatable bonds is 7. The third-order valence-electron chi connectivity index (χ3n) is 7.37. The zero-order valence-electron chi connectivity index (χ0n) is 21.1. The summed E-state index contributed by atoms with van der Waals surface area (Å²) in [6.45, 7) is 8.26. The zero-order valence-corrected chi connectivity index (χ0v) is 21.1. The van der Waals surface area contributed by atoms with Crippen molar-refractivity contribution in [2.45, 2.75) is 5.41 Å². The van der Waals surface area contributed by atoms with E-state index in [0.717, 1.165) is 22.6 Å². The summed E-state index contributed by atoms with van der Waals surface area (Å²) in [6, 6.07) is 48.8. The van der Waals surface area contributed by atoms with E-state index in [-0.39, 0.29) is 0 Å². The number of fused-ring (bicyclic) bond motifs is 3. The van der Waals surface area contributed by atoms with Gasteiger partial charge in [-0.2, -0.15) is 0 Å². The Morgan fingerprint density at radius 3 is 1.82 bits per heavy atom. The molecule has 0 saturated heterocycles. The Balaban J connectivity index is 1.58. The van der Waals surface area contributed by atoms with E-state index in [1.54, 1.807) is 0 Å². The highest BCUT2D eigenvalue weighted by molar-refractivity contribution is 5.87. The lowest BCUT2D eigenvalue weighted by molar-refractivity contribution is 0.767. The summed E-state index contributed by atoms with van der Waals surface area (Å²) in [6.07, 6.45) is 5.92. The molecule has 0 atom stereocenters. The molecule has 6 rings (SSSR count). The van der Waals surface area contributed by atoms with Gasteiger partial charge in [0.2, 0.25) is 0 Å². The Labute approximate surface area is 225 Å². The van der Waals surface area contributed by atoms with Gasteiger partial charge in [-0.25, -0.2) is 0 Å². The summed E-state index contributed by atoms with van der Waals surface area (Å²) in [5.74, 6) is 0. The first kappa shape index (κ1) is 23.3. The van der Waals surface area contributed by atoms with E-state index in [2.05, 4.69) is 139 Å². The van der Waals surface area contributed by atoms with Crippen LogP contribution in [0.15, 0.2) is 158 Å². The second-order valence-electron chi connectivity index (χ2n) is 9.31. The number of anilines is 3. The van der Waals surface area contributed by atoms with Gasteiger partial charge in [0.1, 0.15) is 0 Å². The molecule has 1 nitrogen and oxygen atoms in total. The van der Waals surface area contributed by atoms with Gasteiger partial charge in [-0.05, 0) is 69.8 Å². The van der Waals surface area contributed by atoms with Crippen LogP contribution in [0.5, 0.6) is 0 Å². The van der Waals surface area contributed by atoms with Crippen molar-refractivity contribution in [3.8, 4) is 11.1 Å². The molecule has 1 aliphatic carbocycles. The van der Waals surface area contributed by atoms with Crippen LogP contribution in [-0.4, -0.2) is 0 Å². The monoisotopic (exact) mass is 485 g/mol. The van der Waals surface area contributed by atoms with E-state index in [1.807, 2.05) is 30.4 Å². The maximum atomic E-state index is 4.23. The topological polar surface area (TPSA) is 3.24 Å². The van der Waals surface area contributed by atoms with Crippen molar-refractivity contribution in [3.63, 3.8) is 0 Å². The Morgan fingerprint density at radius 1 is 0.632 bits per heavy atom. The number of nitrogens with zero attached hydrogens (tertiary/aromatic N) is 1. The molecule has 0 N–H and O–H groups in total. The van der Waals surface area contributed by atoms with Gasteiger partial charge in [0.05, 0.1) is 11.1 Å². The van der Waals surface area contributed by atoms with Gasteiger partial charge in [0, 0.05) is 17.4 Å². The summed E-state index contributed by atoms with van der Waals surface area (Å²) in [5.41, 5.74) is 10.0. The Hall–Kier alpha value is -5.06. The predicted molar refractivity (Wildman–Crippen MR) is 159 cm³/mol. The number of para-hydroxylation sites is 1. The number of hydrogen-bond donors (Lipinski definition) is 0. The lowest BCUT2D eigenvalue weighted by Gasteiger charge is -2.35. The van der Waals surface area contributed by atoms with E-state index >= 15 is 0 Å². The summed E-state index contributed by atoms with van der Waals surface area (Å²) in [5, 5.41) is 0. The van der Waals surface area contributed by atoms with E-state index in [1.165, 1.54) is 27.8 Å². The summed E-state index contributed by atoms with van der Waals surface area (Å²) < 4.78 is 0. The highest BCUT2D eigenvalue weighted by Gasteiger charge is 2.46. The van der Waals surface area contributed by atoms with Crippen molar-refractivity contribution < 1.29 is 0 Å². The fourth-order valence-electron chi connectivity index (χ4n) is 5.86. The van der Waals surface area contributed by atoms with Crippen molar-refractivity contribution in [3.05, 3.63) is 187 Å². The van der Waals surface area contributed by atoms with Gasteiger partial charge >= 0.3 is 0 Å². The van der Waals surface area contributed by atoms with Gasteiger partial charge in [-0.15, -0.1) is 0 Å². The first-order chi connectivity index (χ1) is 18.8. The molecule has 0 fully saturated rings. The Morgan fingerprint density at radius 2 is 1.24 bits per heavy atom. The van der Waals surface area contributed by atoms with Crippen LogP contribution in [0.3, 0.4) is 0 Å². The van der Waals surface area contributed by atoms with Crippen molar-refractivity contribution >= 4 is 17.1 Å². The van der Waals surface area contributed by atoms with Crippen molar-refractivity contribution in [2.24, 2.45) is 0 Å². The molecule has 0 saturated carbocycles. The van der Waals surface area contributed by atoms with E-state index < -0.39 is 5.41 Å². The zero-order chi connectivity index (χ0) is 26.0. The number of hydrogen-bond acceptors (Lipinski definition) is 1. The number of benzene rings is 4. The van der Waals surface area contributed by atoms with Gasteiger partial charge in [-0.3, -0.25) is 0 Å². The molecule has 0 aliphatic heterocycles. The van der Waals surface area contributed by atoms with E-state index in [4.69, 9.17) is 0 Å². The van der Waals surface area contributed by atoms with E-state index in [9.17, 15) is 0 Å². The summed E-state index contributed by atoms with van der Waals surface area (Å²) in [4.78, 5) is 2.24. The predicted octanol–water partition coefficient (Wildman–Crippen LogP) is 9.37. The third kappa shape index (κ3) is 3.59. The maximum Gasteiger partial charge on any atom is 0.0713 e. The average Bonchev–Trinajstić information content (AvgIpc) is 3.29. The standard InChI is InChI=1S/C37H27N/c1-3-15-28(4-2)37(35-22-13-11-20-33(35)34-21-12-14-23-36(34)37)29-24-26-32(27-25-29)38(30-16-7-5-8-17-30)31-18-9-6-10-19-31/h3-5,7-9,11-27H,1-2H2. The van der Waals surface area contributed by atoms with Crippen LogP contribution in [0.4, 0.5) is 17.1 Å². The molecule has 1 heteroatoms. The molecule has 5 aromatic carbocycles. The summed E-state index contributed by atoms with van der Waals surface area (Å²) in [7, 11) is 0. The highest BCUT2D eigenvalue weighted by atomic mass is 15.1. The second kappa shape index (κ2) is 9.77. The fraction of sp³-hybridized carbons (Fsp3) is 0.0270. The fourth-order valence-corrected chi connectivity index (χ4v) is 5.86. The minimum atomic E-state index is -0.491. The lowest BCUT2D eigenvalue weighted by atomic mass is 9.67. The molecule has 0 radical (unpaired) electrons. The normalized spacial score (nSPS) is 13.1. The molecule has 0 heterocycles. The van der Waals surface area contributed by atoms with E-state index in [0.29, 0.717) is 0 Å². The van der Waals surface area contributed by atoms with Gasteiger partial charge in [0.15, 0.2) is 0 Å². The first-order valence-electron chi connectivity index (χ1n) is 12.8. The molecule has 5 aromatic rings. The molecule has 38 heavy (non-hydrogen) atoms. The quantitative estimate of drug-likeness (QED) is 0.208. The van der Waals surface area contributed by atoms with Crippen LogP contribution >= 0.6 is 0 Å². The molecule has 0 unspecified atom stereocenters. The Kier molecular flexibility index (Phi) is 6.00. The SMILES string of the molecule is C=CC=C(C=C)C1(c2ccc(N(c3cc#ccc3)c3ccccc3)cc2)c2ccccc2-c2ccccc21. The largest absolute Gasteiger partial charge is 0.310 e. The lowest BCUT2D eigenvalue weighted by Crippen LogP contribution is -2.29. The van der Waals surface area contributed by atoms with Crippen LogP contribution in [0.1, 0.15) is 16.7 Å². The minimum absolute atomic E-state index is 0.491. The molecule has 180 valence electrons. The molecule has 0 spiro atoms. The third-order valence-corrected chi connectivity index (χ3v) is 7.37. The smallest absolute Gasteiger partial charge is 0.0713 e. The molecular formula is C37H27N. The first-order valence-corrected chi connectivity index (χ1v) is 12.8. The van der Waals surface area contributed by atoms with Crippen LogP contribution in [-0.2, 0) is 5.41 Å². The van der Waals surface area contributed by atoms with Crippen LogP contribution in [0, 0.1) is 12.1 Å².